The van der Waals surface area contributed by atoms with Crippen molar-refractivity contribution in [2.24, 2.45) is 0 Å². The summed E-state index contributed by atoms with van der Waals surface area (Å²) in [7, 11) is 0. The molecular weight excluding hydrogens is 404 g/mol. The van der Waals surface area contributed by atoms with E-state index in [1.54, 1.807) is 27.1 Å². The van der Waals surface area contributed by atoms with Gasteiger partial charge >= 0.3 is 6.09 Å². The normalized spacial score (nSPS) is 22.2. The van der Waals surface area contributed by atoms with Crippen molar-refractivity contribution in [1.82, 2.24) is 14.5 Å². The van der Waals surface area contributed by atoms with Gasteiger partial charge in [-0.25, -0.2) is 14.7 Å². The molecule has 2 amide bonds. The van der Waals surface area contributed by atoms with Crippen molar-refractivity contribution in [3.8, 4) is 11.3 Å². The van der Waals surface area contributed by atoms with Gasteiger partial charge in [-0.15, -0.1) is 0 Å². The Morgan fingerprint density at radius 1 is 1.19 bits per heavy atom. The number of ether oxygens (including phenoxy) is 1. The van der Waals surface area contributed by atoms with Crippen LogP contribution in [0, 0.1) is 0 Å². The van der Waals surface area contributed by atoms with Crippen LogP contribution in [0.5, 0.6) is 0 Å². The van der Waals surface area contributed by atoms with Gasteiger partial charge in [0.15, 0.2) is 0 Å². The van der Waals surface area contributed by atoms with Crippen LogP contribution in [0.1, 0.15) is 66.2 Å². The average Bonchev–Trinajstić information content (AvgIpc) is 3.35. The molecule has 1 atom stereocenters. The van der Waals surface area contributed by atoms with Gasteiger partial charge in [0, 0.05) is 30.0 Å². The van der Waals surface area contributed by atoms with E-state index in [1.807, 2.05) is 29.8 Å². The summed E-state index contributed by atoms with van der Waals surface area (Å²) in [6, 6.07) is 8.68. The molecular formula is C25H34N4O3. The molecule has 32 heavy (non-hydrogen) atoms. The summed E-state index contributed by atoms with van der Waals surface area (Å²) in [5, 5.41) is 3.70. The first-order chi connectivity index (χ1) is 15.2. The number of imide groups is 1. The number of anilines is 1. The van der Waals surface area contributed by atoms with Gasteiger partial charge in [0.2, 0.25) is 0 Å². The van der Waals surface area contributed by atoms with Crippen molar-refractivity contribution in [2.75, 3.05) is 11.9 Å². The molecule has 1 unspecified atom stereocenters. The molecule has 2 heterocycles. The lowest BCUT2D eigenvalue weighted by atomic mass is 9.95. The first-order valence-electron chi connectivity index (χ1n) is 11.6. The summed E-state index contributed by atoms with van der Waals surface area (Å²) in [6.45, 7) is 7.58. The molecule has 2 fully saturated rings. The topological polar surface area (TPSA) is 76.5 Å². The number of aromatic nitrogens is 2. The van der Waals surface area contributed by atoms with Crippen molar-refractivity contribution in [3.63, 3.8) is 0 Å². The highest BCUT2D eigenvalue weighted by molar-refractivity contribution is 5.98. The zero-order chi connectivity index (χ0) is 22.9. The van der Waals surface area contributed by atoms with E-state index in [1.165, 1.54) is 37.0 Å². The van der Waals surface area contributed by atoms with Crippen molar-refractivity contribution in [3.05, 3.63) is 36.8 Å². The summed E-state index contributed by atoms with van der Waals surface area (Å²) in [5.41, 5.74) is 1.40. The smallest absolute Gasteiger partial charge is 0.417 e. The summed E-state index contributed by atoms with van der Waals surface area (Å²) in [4.78, 5) is 31.5. The Morgan fingerprint density at radius 2 is 1.91 bits per heavy atom. The fourth-order valence-corrected chi connectivity index (χ4v) is 4.59. The summed E-state index contributed by atoms with van der Waals surface area (Å²) in [5.74, 6) is -0.260. The number of carbonyl (C=O) groups excluding carboxylic acids is 2. The number of benzene rings is 1. The summed E-state index contributed by atoms with van der Waals surface area (Å²) in [6.07, 6.45) is 9.77. The van der Waals surface area contributed by atoms with Crippen molar-refractivity contribution < 1.29 is 14.3 Å². The van der Waals surface area contributed by atoms with Crippen LogP contribution in [0.4, 0.5) is 10.5 Å². The van der Waals surface area contributed by atoms with Crippen LogP contribution in [-0.4, -0.2) is 44.6 Å². The van der Waals surface area contributed by atoms with Gasteiger partial charge in [-0.05, 0) is 53.0 Å². The number of nitrogens with zero attached hydrogens (tertiary/aromatic N) is 3. The number of rotatable bonds is 4. The molecule has 2 aliphatic rings. The Hall–Kier alpha value is -2.83. The minimum atomic E-state index is -0.867. The molecule has 1 aliphatic heterocycles. The Labute approximate surface area is 190 Å². The maximum absolute atomic E-state index is 13.2. The molecule has 1 aliphatic carbocycles. The Bertz CT molecular complexity index is 987. The van der Waals surface area contributed by atoms with E-state index < -0.39 is 17.2 Å². The number of para-hydroxylation sites is 1. The second-order valence-electron chi connectivity index (χ2n) is 10.2. The lowest BCUT2D eigenvalue weighted by molar-refractivity contribution is -0.133. The fourth-order valence-electron chi connectivity index (χ4n) is 4.59. The molecule has 4 rings (SSSR count). The van der Waals surface area contributed by atoms with E-state index in [0.717, 1.165) is 16.9 Å². The zero-order valence-corrected chi connectivity index (χ0v) is 19.6. The van der Waals surface area contributed by atoms with E-state index >= 15 is 0 Å². The van der Waals surface area contributed by atoms with Gasteiger partial charge in [-0.2, -0.15) is 0 Å². The molecule has 2 aromatic rings. The van der Waals surface area contributed by atoms with Gasteiger partial charge in [-0.1, -0.05) is 37.5 Å². The number of likely N-dealkylation sites (tertiary alicyclic amines) is 1. The molecule has 7 heteroatoms. The average molecular weight is 439 g/mol. The number of nitrogens with one attached hydrogen (secondary N) is 1. The highest BCUT2D eigenvalue weighted by Gasteiger charge is 2.48. The van der Waals surface area contributed by atoms with Crippen molar-refractivity contribution in [2.45, 2.75) is 83.4 Å². The number of hydrogen-bond donors (Lipinski definition) is 1. The lowest BCUT2D eigenvalue weighted by Crippen LogP contribution is -2.44. The maximum Gasteiger partial charge on any atom is 0.417 e. The predicted octanol–water partition coefficient (Wildman–Crippen LogP) is 5.18. The van der Waals surface area contributed by atoms with Gasteiger partial charge in [0.1, 0.15) is 11.1 Å². The van der Waals surface area contributed by atoms with Crippen molar-refractivity contribution in [1.29, 1.82) is 0 Å². The monoisotopic (exact) mass is 438 g/mol. The molecule has 1 N–H and O–H groups in total. The predicted molar refractivity (Wildman–Crippen MR) is 124 cm³/mol. The molecule has 1 saturated carbocycles. The van der Waals surface area contributed by atoms with Gasteiger partial charge in [0.05, 0.1) is 12.0 Å². The Kier molecular flexibility index (Phi) is 6.01. The fraction of sp³-hybridized carbons (Fsp3) is 0.560. The van der Waals surface area contributed by atoms with Crippen LogP contribution in [0.25, 0.3) is 11.3 Å². The second-order valence-corrected chi connectivity index (χ2v) is 10.2. The summed E-state index contributed by atoms with van der Waals surface area (Å²) >= 11 is 0. The minimum absolute atomic E-state index is 0.260. The zero-order valence-electron chi connectivity index (χ0n) is 19.6. The van der Waals surface area contributed by atoms with Crippen LogP contribution in [0.2, 0.25) is 0 Å². The van der Waals surface area contributed by atoms with E-state index in [2.05, 4.69) is 22.4 Å². The van der Waals surface area contributed by atoms with E-state index in [9.17, 15) is 9.59 Å². The first-order valence-corrected chi connectivity index (χ1v) is 11.6. The van der Waals surface area contributed by atoms with E-state index in [4.69, 9.17) is 4.74 Å². The van der Waals surface area contributed by atoms with Gasteiger partial charge < -0.3 is 14.6 Å². The van der Waals surface area contributed by atoms with Gasteiger partial charge in [-0.3, -0.25) is 4.79 Å². The third kappa shape index (κ3) is 4.52. The molecule has 1 saturated heterocycles. The Morgan fingerprint density at radius 3 is 2.62 bits per heavy atom. The van der Waals surface area contributed by atoms with Crippen molar-refractivity contribution >= 4 is 17.7 Å². The minimum Gasteiger partial charge on any atom is -0.443 e. The van der Waals surface area contributed by atoms with Crippen LogP contribution >= 0.6 is 0 Å². The molecule has 0 bridgehead atoms. The lowest BCUT2D eigenvalue weighted by Gasteiger charge is -2.26. The molecule has 0 spiro atoms. The summed E-state index contributed by atoms with van der Waals surface area (Å²) < 4.78 is 7.26. The Balaban J connectivity index is 1.54. The number of imidazole rings is 1. The number of carbonyl (C=O) groups is 2. The highest BCUT2D eigenvalue weighted by Crippen LogP contribution is 2.35. The highest BCUT2D eigenvalue weighted by atomic mass is 16.6. The van der Waals surface area contributed by atoms with Crippen LogP contribution in [0.3, 0.4) is 0 Å². The molecule has 1 aromatic heterocycles. The third-order valence-corrected chi connectivity index (χ3v) is 6.46. The maximum atomic E-state index is 13.2. The number of amides is 2. The van der Waals surface area contributed by atoms with Crippen LogP contribution in [0.15, 0.2) is 36.8 Å². The molecule has 0 radical (unpaired) electrons. The SMILES string of the molecule is CC(C)(C)OC(=O)N1CCC(C)(n2cnc(-c3ccccc3NC3CCCCC3)c2)C1=O. The molecule has 7 nitrogen and oxygen atoms in total. The van der Waals surface area contributed by atoms with Crippen LogP contribution < -0.4 is 5.32 Å². The first kappa shape index (κ1) is 22.4. The quantitative estimate of drug-likeness (QED) is 0.712. The molecule has 172 valence electrons. The van der Waals surface area contributed by atoms with Gasteiger partial charge in [0.25, 0.3) is 5.91 Å². The second kappa shape index (κ2) is 8.60. The largest absolute Gasteiger partial charge is 0.443 e. The van der Waals surface area contributed by atoms with E-state index in [0.29, 0.717) is 19.0 Å². The standard InChI is InChI=1S/C25H34N4O3/c1-24(2,3)32-23(31)29-15-14-25(4,22(29)30)28-16-21(26-17-28)19-12-8-9-13-20(19)27-18-10-6-5-7-11-18/h8-9,12-13,16-18,27H,5-7,10-11,14-15H2,1-4H3. The third-order valence-electron chi connectivity index (χ3n) is 6.46. The molecule has 1 aromatic carbocycles. The number of hydrogen-bond acceptors (Lipinski definition) is 5. The van der Waals surface area contributed by atoms with Crippen LogP contribution in [-0.2, 0) is 15.1 Å². The van der Waals surface area contributed by atoms with E-state index in [-0.39, 0.29) is 5.91 Å².